The zero-order valence-corrected chi connectivity index (χ0v) is 13.0. The molecule has 112 valence electrons. The third kappa shape index (κ3) is 15.2. The van der Waals surface area contributed by atoms with E-state index >= 15 is 0 Å². The smallest absolute Gasteiger partial charge is 0.305 e. The summed E-state index contributed by atoms with van der Waals surface area (Å²) in [5.74, 6) is -0.0316. The van der Waals surface area contributed by atoms with Crippen molar-refractivity contribution < 1.29 is 9.53 Å². The number of carbonyl (C=O) groups excluding carboxylic acids is 1. The highest BCUT2D eigenvalue weighted by molar-refractivity contribution is 5.69. The van der Waals surface area contributed by atoms with Crippen LogP contribution in [0.1, 0.15) is 84.5 Å². The van der Waals surface area contributed by atoms with Gasteiger partial charge in [0.1, 0.15) is 0 Å². The van der Waals surface area contributed by atoms with Crippen molar-refractivity contribution >= 4 is 5.97 Å². The molecule has 0 saturated heterocycles. The molecule has 0 aromatic rings. The molecule has 0 aromatic carbocycles. The van der Waals surface area contributed by atoms with Crippen molar-refractivity contribution in [3.8, 4) is 0 Å². The molecule has 0 rings (SSSR count). The molecule has 0 aliphatic rings. The first-order chi connectivity index (χ1) is 9.31. The fourth-order valence-electron chi connectivity index (χ4n) is 1.93. The average molecular weight is 268 g/mol. The average Bonchev–Trinajstić information content (AvgIpc) is 2.41. The molecule has 2 heteroatoms. The third-order valence-corrected chi connectivity index (χ3v) is 3.17. The molecule has 0 heterocycles. The van der Waals surface area contributed by atoms with Crippen LogP contribution < -0.4 is 0 Å². The summed E-state index contributed by atoms with van der Waals surface area (Å²) >= 11 is 0. The molecular weight excluding hydrogens is 236 g/mol. The standard InChI is InChI=1S/C17H32O2/c1-3-5-7-9-10-12-14-16-19-17(18)15-13-11-8-6-4-2/h10,12H,3-9,11,13-16H2,1-2H3/b12-10-. The molecule has 0 spiro atoms. The van der Waals surface area contributed by atoms with Crippen LogP contribution in [0.25, 0.3) is 0 Å². The molecule has 0 aliphatic carbocycles. The predicted octanol–water partition coefficient (Wildman–Crippen LogP) is 5.42. The summed E-state index contributed by atoms with van der Waals surface area (Å²) in [5, 5.41) is 0. The number of hydrogen-bond acceptors (Lipinski definition) is 2. The van der Waals surface area contributed by atoms with Gasteiger partial charge in [0.2, 0.25) is 0 Å². The van der Waals surface area contributed by atoms with E-state index in [4.69, 9.17) is 4.74 Å². The van der Waals surface area contributed by atoms with Crippen LogP contribution in [0, 0.1) is 0 Å². The molecule has 0 aromatic heterocycles. The topological polar surface area (TPSA) is 26.3 Å². The van der Waals surface area contributed by atoms with Crippen LogP contribution in [0.5, 0.6) is 0 Å². The molecule has 2 nitrogen and oxygen atoms in total. The fourth-order valence-corrected chi connectivity index (χ4v) is 1.93. The van der Waals surface area contributed by atoms with Gasteiger partial charge in [-0.3, -0.25) is 4.79 Å². The van der Waals surface area contributed by atoms with Crippen LogP contribution in [0.4, 0.5) is 0 Å². The Kier molecular flexibility index (Phi) is 14.6. The zero-order valence-electron chi connectivity index (χ0n) is 13.0. The van der Waals surface area contributed by atoms with Crippen LogP contribution in [0.15, 0.2) is 12.2 Å². The first-order valence-electron chi connectivity index (χ1n) is 8.11. The van der Waals surface area contributed by atoms with E-state index in [0.717, 1.165) is 25.7 Å². The second-order valence-electron chi connectivity index (χ2n) is 5.14. The second-order valence-corrected chi connectivity index (χ2v) is 5.14. The van der Waals surface area contributed by atoms with Crippen molar-refractivity contribution in [1.29, 1.82) is 0 Å². The summed E-state index contributed by atoms with van der Waals surface area (Å²) in [6.07, 6.45) is 16.7. The van der Waals surface area contributed by atoms with Gasteiger partial charge < -0.3 is 4.74 Å². The van der Waals surface area contributed by atoms with E-state index in [9.17, 15) is 4.79 Å². The lowest BCUT2D eigenvalue weighted by Crippen LogP contribution is -2.04. The number of rotatable bonds is 13. The van der Waals surface area contributed by atoms with Crippen molar-refractivity contribution in [2.45, 2.75) is 84.5 Å². The van der Waals surface area contributed by atoms with Crippen molar-refractivity contribution in [2.24, 2.45) is 0 Å². The van der Waals surface area contributed by atoms with Crippen molar-refractivity contribution in [1.82, 2.24) is 0 Å². The lowest BCUT2D eigenvalue weighted by atomic mass is 10.1. The minimum absolute atomic E-state index is 0.0316. The largest absolute Gasteiger partial charge is 0.465 e. The van der Waals surface area contributed by atoms with Gasteiger partial charge in [-0.2, -0.15) is 0 Å². The monoisotopic (exact) mass is 268 g/mol. The first kappa shape index (κ1) is 18.2. The first-order valence-corrected chi connectivity index (χ1v) is 8.11. The van der Waals surface area contributed by atoms with Crippen LogP contribution in [-0.2, 0) is 9.53 Å². The summed E-state index contributed by atoms with van der Waals surface area (Å²) < 4.78 is 5.19. The summed E-state index contributed by atoms with van der Waals surface area (Å²) in [4.78, 5) is 11.4. The highest BCUT2D eigenvalue weighted by Crippen LogP contribution is 2.06. The Hall–Kier alpha value is -0.790. The minimum Gasteiger partial charge on any atom is -0.465 e. The molecule has 0 aliphatic heterocycles. The van der Waals surface area contributed by atoms with E-state index < -0.39 is 0 Å². The SMILES string of the molecule is CCCCC/C=C\CCOC(=O)CCCCCCC. The Morgan fingerprint density at radius 3 is 2.21 bits per heavy atom. The molecule has 0 saturated carbocycles. The van der Waals surface area contributed by atoms with Gasteiger partial charge in [0.05, 0.1) is 6.61 Å². The van der Waals surface area contributed by atoms with Crippen LogP contribution in [0.3, 0.4) is 0 Å². The Balaban J connectivity index is 3.24. The Morgan fingerprint density at radius 2 is 1.47 bits per heavy atom. The van der Waals surface area contributed by atoms with Crippen LogP contribution in [0.2, 0.25) is 0 Å². The highest BCUT2D eigenvalue weighted by atomic mass is 16.5. The van der Waals surface area contributed by atoms with E-state index in [0.29, 0.717) is 13.0 Å². The maximum atomic E-state index is 11.4. The van der Waals surface area contributed by atoms with Gasteiger partial charge in [0.25, 0.3) is 0 Å². The van der Waals surface area contributed by atoms with Crippen molar-refractivity contribution in [3.05, 3.63) is 12.2 Å². The zero-order chi connectivity index (χ0) is 14.2. The van der Waals surface area contributed by atoms with Gasteiger partial charge in [-0.1, -0.05) is 64.5 Å². The number of ether oxygens (including phenoxy) is 1. The van der Waals surface area contributed by atoms with Gasteiger partial charge in [0, 0.05) is 6.42 Å². The summed E-state index contributed by atoms with van der Waals surface area (Å²) in [6.45, 7) is 4.95. The molecule has 0 fully saturated rings. The lowest BCUT2D eigenvalue weighted by Gasteiger charge is -2.03. The Labute approximate surface area is 119 Å². The minimum atomic E-state index is -0.0316. The summed E-state index contributed by atoms with van der Waals surface area (Å²) in [5.41, 5.74) is 0. The molecule has 0 radical (unpaired) electrons. The van der Waals surface area contributed by atoms with Crippen LogP contribution >= 0.6 is 0 Å². The van der Waals surface area contributed by atoms with Crippen LogP contribution in [-0.4, -0.2) is 12.6 Å². The quantitative estimate of drug-likeness (QED) is 0.253. The molecule has 0 bridgehead atoms. The predicted molar refractivity (Wildman–Crippen MR) is 82.2 cm³/mol. The number of esters is 1. The number of unbranched alkanes of at least 4 members (excludes halogenated alkanes) is 7. The van der Waals surface area contributed by atoms with E-state index in [1.54, 1.807) is 0 Å². The van der Waals surface area contributed by atoms with Crippen molar-refractivity contribution in [2.75, 3.05) is 6.61 Å². The van der Waals surface area contributed by atoms with Gasteiger partial charge >= 0.3 is 5.97 Å². The van der Waals surface area contributed by atoms with E-state index in [2.05, 4.69) is 26.0 Å². The summed E-state index contributed by atoms with van der Waals surface area (Å²) in [7, 11) is 0. The normalized spacial score (nSPS) is 11.1. The second kappa shape index (κ2) is 15.3. The fraction of sp³-hybridized carbons (Fsp3) is 0.824. The van der Waals surface area contributed by atoms with Crippen molar-refractivity contribution in [3.63, 3.8) is 0 Å². The maximum Gasteiger partial charge on any atom is 0.305 e. The molecule has 0 amide bonds. The molecular formula is C17H32O2. The van der Waals surface area contributed by atoms with E-state index in [1.165, 1.54) is 38.5 Å². The van der Waals surface area contributed by atoms with E-state index in [1.807, 2.05) is 0 Å². The van der Waals surface area contributed by atoms with Gasteiger partial charge in [-0.15, -0.1) is 0 Å². The molecule has 0 N–H and O–H groups in total. The Morgan fingerprint density at radius 1 is 0.842 bits per heavy atom. The molecule has 19 heavy (non-hydrogen) atoms. The van der Waals surface area contributed by atoms with E-state index in [-0.39, 0.29) is 5.97 Å². The Bertz CT molecular complexity index is 221. The van der Waals surface area contributed by atoms with Gasteiger partial charge in [0.15, 0.2) is 0 Å². The van der Waals surface area contributed by atoms with Gasteiger partial charge in [-0.05, 0) is 25.7 Å². The number of carbonyl (C=O) groups is 1. The highest BCUT2D eigenvalue weighted by Gasteiger charge is 2.01. The summed E-state index contributed by atoms with van der Waals surface area (Å²) in [6, 6.07) is 0. The number of hydrogen-bond donors (Lipinski definition) is 0. The third-order valence-electron chi connectivity index (χ3n) is 3.17. The lowest BCUT2D eigenvalue weighted by molar-refractivity contribution is -0.143. The maximum absolute atomic E-state index is 11.4. The molecule has 0 unspecified atom stereocenters. The number of allylic oxidation sites excluding steroid dienone is 1. The molecule has 0 atom stereocenters. The van der Waals surface area contributed by atoms with Gasteiger partial charge in [-0.25, -0.2) is 0 Å².